The zero-order chi connectivity index (χ0) is 20.1. The van der Waals surface area contributed by atoms with Gasteiger partial charge < -0.3 is 15.4 Å². The van der Waals surface area contributed by atoms with Gasteiger partial charge in [-0.05, 0) is 67.2 Å². The van der Waals surface area contributed by atoms with Gasteiger partial charge in [-0.1, -0.05) is 23.7 Å². The maximum atomic E-state index is 12.9. The lowest BCUT2D eigenvalue weighted by molar-refractivity contribution is 0.104. The quantitative estimate of drug-likeness (QED) is 0.403. The van der Waals surface area contributed by atoms with Crippen LogP contribution in [0.4, 0.5) is 5.00 Å². The summed E-state index contributed by atoms with van der Waals surface area (Å²) in [6, 6.07) is 16.5. The van der Waals surface area contributed by atoms with Crippen molar-refractivity contribution in [1.82, 2.24) is 5.32 Å². The Morgan fingerprint density at radius 2 is 1.82 bits per heavy atom. The van der Waals surface area contributed by atoms with Crippen LogP contribution in [0.1, 0.15) is 26.4 Å². The van der Waals surface area contributed by atoms with Crippen LogP contribution in [0.2, 0.25) is 5.02 Å². The van der Waals surface area contributed by atoms with Gasteiger partial charge in [0.15, 0.2) is 10.9 Å². The molecule has 0 bridgehead atoms. The molecule has 0 atom stereocenters. The average molecular weight is 431 g/mol. The predicted molar refractivity (Wildman–Crippen MR) is 120 cm³/mol. The summed E-state index contributed by atoms with van der Waals surface area (Å²) in [6.45, 7) is 2.53. The number of thiocarbonyl (C=S) groups is 1. The first-order valence-corrected chi connectivity index (χ1v) is 10.1. The lowest BCUT2D eigenvalue weighted by Gasteiger charge is -2.11. The summed E-state index contributed by atoms with van der Waals surface area (Å²) in [5.74, 6) is 0.741. The van der Waals surface area contributed by atoms with Gasteiger partial charge in [0.1, 0.15) is 10.8 Å². The normalized spacial score (nSPS) is 10.4. The van der Waals surface area contributed by atoms with Crippen LogP contribution in [0.25, 0.3) is 0 Å². The molecule has 1 heterocycles. The topological polar surface area (TPSA) is 50.4 Å². The third-order valence-corrected chi connectivity index (χ3v) is 5.51. The first-order valence-electron chi connectivity index (χ1n) is 8.55. The molecule has 0 fully saturated rings. The Morgan fingerprint density at radius 3 is 2.46 bits per heavy atom. The molecule has 0 aliphatic heterocycles. The molecule has 0 aliphatic rings. The Balaban J connectivity index is 1.67. The fraction of sp³-hybridized carbons (Fsp3) is 0.143. The molecule has 3 rings (SSSR count). The minimum absolute atomic E-state index is 0.0681. The van der Waals surface area contributed by atoms with Crippen molar-refractivity contribution in [3.05, 3.63) is 81.2 Å². The highest BCUT2D eigenvalue weighted by atomic mass is 35.5. The summed E-state index contributed by atoms with van der Waals surface area (Å²) in [5.41, 5.74) is 2.26. The van der Waals surface area contributed by atoms with E-state index < -0.39 is 0 Å². The third kappa shape index (κ3) is 5.10. The van der Waals surface area contributed by atoms with Gasteiger partial charge in [-0.15, -0.1) is 11.3 Å². The summed E-state index contributed by atoms with van der Waals surface area (Å²) in [6.07, 6.45) is 0. The van der Waals surface area contributed by atoms with E-state index in [1.54, 1.807) is 31.4 Å². The van der Waals surface area contributed by atoms with Crippen LogP contribution >= 0.6 is 35.2 Å². The van der Waals surface area contributed by atoms with Crippen LogP contribution in [-0.2, 0) is 6.54 Å². The van der Waals surface area contributed by atoms with Crippen molar-refractivity contribution in [1.29, 1.82) is 0 Å². The van der Waals surface area contributed by atoms with E-state index in [0.29, 0.717) is 27.8 Å². The first kappa shape index (κ1) is 20.3. The van der Waals surface area contributed by atoms with E-state index in [1.165, 1.54) is 11.3 Å². The van der Waals surface area contributed by atoms with E-state index in [1.807, 2.05) is 37.3 Å². The number of ether oxygens (including phenoxy) is 1. The number of aryl methyl sites for hydroxylation is 1. The SMILES string of the molecule is COc1ccc(CNC(=S)Nc2sc(C)cc2C(=O)c2ccc(Cl)cc2)cc1. The van der Waals surface area contributed by atoms with Gasteiger partial charge in [-0.2, -0.15) is 0 Å². The number of hydrogen-bond acceptors (Lipinski definition) is 4. The Bertz CT molecular complexity index is 983. The maximum absolute atomic E-state index is 12.9. The highest BCUT2D eigenvalue weighted by Gasteiger charge is 2.17. The second kappa shape index (κ2) is 9.19. The smallest absolute Gasteiger partial charge is 0.196 e. The Hall–Kier alpha value is -2.41. The van der Waals surface area contributed by atoms with Crippen molar-refractivity contribution >= 4 is 51.1 Å². The third-order valence-electron chi connectivity index (χ3n) is 4.05. The van der Waals surface area contributed by atoms with E-state index in [-0.39, 0.29) is 5.78 Å². The number of carbonyl (C=O) groups is 1. The molecule has 28 heavy (non-hydrogen) atoms. The van der Waals surface area contributed by atoms with Crippen LogP contribution in [0.3, 0.4) is 0 Å². The van der Waals surface area contributed by atoms with E-state index in [9.17, 15) is 4.79 Å². The minimum Gasteiger partial charge on any atom is -0.497 e. The number of carbonyl (C=O) groups excluding carboxylic acids is 1. The van der Waals surface area contributed by atoms with Gasteiger partial charge in [0, 0.05) is 22.0 Å². The van der Waals surface area contributed by atoms with E-state index in [4.69, 9.17) is 28.6 Å². The highest BCUT2D eigenvalue weighted by Crippen LogP contribution is 2.30. The number of halogens is 1. The molecule has 0 amide bonds. The van der Waals surface area contributed by atoms with Crippen LogP contribution in [0.5, 0.6) is 5.75 Å². The Labute approximate surface area is 178 Å². The van der Waals surface area contributed by atoms with Crippen molar-refractivity contribution < 1.29 is 9.53 Å². The first-order chi connectivity index (χ1) is 13.5. The molecule has 2 N–H and O–H groups in total. The van der Waals surface area contributed by atoms with Crippen molar-refractivity contribution in [2.45, 2.75) is 13.5 Å². The molecular formula is C21H19ClN2O2S2. The number of anilines is 1. The molecule has 0 saturated carbocycles. The lowest BCUT2D eigenvalue weighted by Crippen LogP contribution is -2.28. The van der Waals surface area contributed by atoms with Crippen molar-refractivity contribution in [3.8, 4) is 5.75 Å². The summed E-state index contributed by atoms with van der Waals surface area (Å²) in [4.78, 5) is 13.9. The van der Waals surface area contributed by atoms with Gasteiger partial charge in [-0.3, -0.25) is 4.79 Å². The number of rotatable bonds is 6. The molecule has 0 aliphatic carbocycles. The van der Waals surface area contributed by atoms with E-state index in [0.717, 1.165) is 21.2 Å². The summed E-state index contributed by atoms with van der Waals surface area (Å²) >= 11 is 12.8. The van der Waals surface area contributed by atoms with Crippen molar-refractivity contribution in [2.75, 3.05) is 12.4 Å². The van der Waals surface area contributed by atoms with Gasteiger partial charge in [-0.25, -0.2) is 0 Å². The average Bonchev–Trinajstić information content (AvgIpc) is 3.06. The second-order valence-corrected chi connectivity index (χ2v) is 8.19. The fourth-order valence-corrected chi connectivity index (χ4v) is 3.88. The van der Waals surface area contributed by atoms with Crippen LogP contribution in [0, 0.1) is 6.92 Å². The zero-order valence-electron chi connectivity index (χ0n) is 15.4. The molecule has 2 aromatic carbocycles. The molecule has 7 heteroatoms. The van der Waals surface area contributed by atoms with Crippen molar-refractivity contribution in [3.63, 3.8) is 0 Å². The monoisotopic (exact) mass is 430 g/mol. The molecular weight excluding hydrogens is 412 g/mol. The zero-order valence-corrected chi connectivity index (χ0v) is 17.8. The fourth-order valence-electron chi connectivity index (χ4n) is 2.61. The lowest BCUT2D eigenvalue weighted by atomic mass is 10.1. The van der Waals surface area contributed by atoms with Crippen molar-refractivity contribution in [2.24, 2.45) is 0 Å². The summed E-state index contributed by atoms with van der Waals surface area (Å²) in [5, 5.41) is 8.10. The highest BCUT2D eigenvalue weighted by molar-refractivity contribution is 7.80. The number of benzene rings is 2. The minimum atomic E-state index is -0.0681. The van der Waals surface area contributed by atoms with Gasteiger partial charge >= 0.3 is 0 Å². The van der Waals surface area contributed by atoms with Crippen LogP contribution in [0.15, 0.2) is 54.6 Å². The molecule has 3 aromatic rings. The van der Waals surface area contributed by atoms with Crippen LogP contribution < -0.4 is 15.4 Å². The molecule has 0 unspecified atom stereocenters. The molecule has 1 aromatic heterocycles. The number of thiophene rings is 1. The van der Waals surface area contributed by atoms with Gasteiger partial charge in [0.2, 0.25) is 0 Å². The summed E-state index contributed by atoms with van der Waals surface area (Å²) in [7, 11) is 1.64. The maximum Gasteiger partial charge on any atom is 0.196 e. The van der Waals surface area contributed by atoms with E-state index in [2.05, 4.69) is 10.6 Å². The van der Waals surface area contributed by atoms with Crippen LogP contribution in [-0.4, -0.2) is 18.0 Å². The number of methoxy groups -OCH3 is 1. The molecule has 4 nitrogen and oxygen atoms in total. The summed E-state index contributed by atoms with van der Waals surface area (Å²) < 4.78 is 5.16. The molecule has 0 saturated heterocycles. The number of ketones is 1. The van der Waals surface area contributed by atoms with Gasteiger partial charge in [0.25, 0.3) is 0 Å². The largest absolute Gasteiger partial charge is 0.497 e. The standard InChI is InChI=1S/C21H19ClN2O2S2/c1-13-11-18(19(25)15-5-7-16(22)8-6-15)20(28-13)24-21(27)23-12-14-3-9-17(26-2)10-4-14/h3-11H,12H2,1-2H3,(H2,23,24,27). The van der Waals surface area contributed by atoms with E-state index >= 15 is 0 Å². The van der Waals surface area contributed by atoms with Gasteiger partial charge in [0.05, 0.1) is 12.7 Å². The second-order valence-electron chi connectivity index (χ2n) is 6.09. The Morgan fingerprint density at radius 1 is 1.14 bits per heavy atom. The molecule has 0 spiro atoms. The molecule has 0 radical (unpaired) electrons. The Kier molecular flexibility index (Phi) is 6.67. The number of hydrogen-bond donors (Lipinski definition) is 2. The molecule has 144 valence electrons. The number of nitrogens with one attached hydrogen (secondary N) is 2. The predicted octanol–water partition coefficient (Wildman–Crippen LogP) is 5.44.